The van der Waals surface area contributed by atoms with Gasteiger partial charge in [0.1, 0.15) is 4.84 Å². The Morgan fingerprint density at radius 2 is 1.00 bits per heavy atom. The zero-order valence-electron chi connectivity index (χ0n) is 7.06. The lowest BCUT2D eigenvalue weighted by Gasteiger charge is -2.45. The van der Waals surface area contributed by atoms with Crippen LogP contribution in [0.2, 0.25) is 0 Å². The number of halogens is 10. The van der Waals surface area contributed by atoms with Crippen molar-refractivity contribution in [3.8, 4) is 0 Å². The highest BCUT2D eigenvalue weighted by Crippen LogP contribution is 2.62. The molecule has 1 radical (unpaired) electrons. The molecule has 0 N–H and O–H groups in total. The van der Waals surface area contributed by atoms with Crippen molar-refractivity contribution >= 4 is 116 Å². The number of alkyl halides is 10. The second-order valence-corrected chi connectivity index (χ2v) is 9.40. The van der Waals surface area contributed by atoms with Crippen LogP contribution >= 0.6 is 116 Å². The molecule has 97 valence electrons. The van der Waals surface area contributed by atoms with Gasteiger partial charge in [-0.15, -0.1) is 23.2 Å². The lowest BCUT2D eigenvalue weighted by Crippen LogP contribution is -2.59. The third-order valence-corrected chi connectivity index (χ3v) is 7.75. The largest absolute Gasteiger partial charge is 0.189 e. The van der Waals surface area contributed by atoms with Crippen LogP contribution < -0.4 is 0 Å². The predicted octanol–water partition coefficient (Wildman–Crippen LogP) is 6.32. The second kappa shape index (κ2) is 5.72. The summed E-state index contributed by atoms with van der Waals surface area (Å²) >= 11 is 57.2. The normalized spacial score (nSPS) is 15.8. The fourth-order valence-corrected chi connectivity index (χ4v) is 2.92. The molecule has 0 spiro atoms. The first kappa shape index (κ1) is 18.9. The molecule has 0 bridgehead atoms. The summed E-state index contributed by atoms with van der Waals surface area (Å²) in [6.45, 7) is 3.28. The summed E-state index contributed by atoms with van der Waals surface area (Å²) in [5.74, 6) is 0. The van der Waals surface area contributed by atoms with Gasteiger partial charge in [-0.2, -0.15) is 0 Å². The van der Waals surface area contributed by atoms with Gasteiger partial charge in [0.05, 0.1) is 0 Å². The monoisotopic (exact) mass is 425 g/mol. The van der Waals surface area contributed by atoms with Crippen LogP contribution in [0.15, 0.2) is 0 Å². The second-order valence-electron chi connectivity index (χ2n) is 2.78. The van der Waals surface area contributed by atoms with E-state index in [-0.39, 0.29) is 0 Å². The number of hydrogen-bond donors (Lipinski definition) is 0. The minimum Gasteiger partial charge on any atom is -0.102 e. The van der Waals surface area contributed by atoms with E-state index in [0.717, 1.165) is 0 Å². The van der Waals surface area contributed by atoms with E-state index in [1.807, 2.05) is 0 Å². The van der Waals surface area contributed by atoms with Crippen LogP contribution in [0.5, 0.6) is 0 Å². The minimum absolute atomic E-state index is 1.40. The van der Waals surface area contributed by atoms with E-state index < -0.39 is 22.2 Å². The molecule has 0 saturated carbocycles. The Bertz CT molecular complexity index is 249. The Hall–Kier alpha value is 2.90. The van der Waals surface area contributed by atoms with E-state index in [0.29, 0.717) is 0 Å². The maximum absolute atomic E-state index is 5.86. The standard InChI is InChI=1S/C6H3Cl10/c1-3(9,10)5(13,14)6(15,16)4(11,12)2(7)8/h2H,1H2. The van der Waals surface area contributed by atoms with Crippen molar-refractivity contribution in [2.24, 2.45) is 0 Å². The minimum atomic E-state index is -2.29. The van der Waals surface area contributed by atoms with Gasteiger partial charge in [-0.1, -0.05) is 92.8 Å². The maximum Gasteiger partial charge on any atom is 0.189 e. The fraction of sp³-hybridized carbons (Fsp3) is 0.833. The van der Waals surface area contributed by atoms with Crippen molar-refractivity contribution in [1.82, 2.24) is 0 Å². The Labute approximate surface area is 144 Å². The fourth-order valence-electron chi connectivity index (χ4n) is 0.576. The van der Waals surface area contributed by atoms with Gasteiger partial charge in [-0.05, 0) is 6.92 Å². The van der Waals surface area contributed by atoms with Gasteiger partial charge in [0, 0.05) is 0 Å². The maximum atomic E-state index is 5.86. The number of hydrogen-bond acceptors (Lipinski definition) is 0. The highest BCUT2D eigenvalue weighted by atomic mass is 35.6. The first-order chi connectivity index (χ1) is 6.69. The SMILES string of the molecule is [CH2]C(Cl)(Cl)C(Cl)(Cl)C(Cl)(Cl)C(Cl)(Cl)C(Cl)Cl. The summed E-state index contributed by atoms with van der Waals surface area (Å²) in [4.78, 5) is -1.40. The summed E-state index contributed by atoms with van der Waals surface area (Å²) in [5.41, 5.74) is 0. The van der Waals surface area contributed by atoms with Gasteiger partial charge in [0.15, 0.2) is 17.3 Å². The van der Waals surface area contributed by atoms with Crippen LogP contribution in [0.25, 0.3) is 0 Å². The molecule has 0 fully saturated rings. The van der Waals surface area contributed by atoms with E-state index in [1.54, 1.807) is 0 Å². The Morgan fingerprint density at radius 3 is 1.19 bits per heavy atom. The molecular weight excluding hydrogens is 427 g/mol. The van der Waals surface area contributed by atoms with Crippen LogP contribution in [0.3, 0.4) is 0 Å². The van der Waals surface area contributed by atoms with E-state index in [1.165, 1.54) is 0 Å². The average molecular weight is 430 g/mol. The van der Waals surface area contributed by atoms with Gasteiger partial charge >= 0.3 is 0 Å². The summed E-state index contributed by atoms with van der Waals surface area (Å²) in [6, 6.07) is 0. The predicted molar refractivity (Wildman–Crippen MR) is 78.6 cm³/mol. The Morgan fingerprint density at radius 1 is 0.688 bits per heavy atom. The lowest BCUT2D eigenvalue weighted by atomic mass is 10.1. The van der Waals surface area contributed by atoms with Gasteiger partial charge in [0.25, 0.3) is 0 Å². The highest BCUT2D eigenvalue weighted by Gasteiger charge is 2.68. The van der Waals surface area contributed by atoms with Gasteiger partial charge in [-0.3, -0.25) is 0 Å². The van der Waals surface area contributed by atoms with E-state index in [4.69, 9.17) is 116 Å². The van der Waals surface area contributed by atoms with E-state index >= 15 is 0 Å². The molecule has 0 aliphatic carbocycles. The van der Waals surface area contributed by atoms with Crippen molar-refractivity contribution < 1.29 is 0 Å². The van der Waals surface area contributed by atoms with Gasteiger partial charge in [-0.25, -0.2) is 0 Å². The summed E-state index contributed by atoms with van der Waals surface area (Å²) in [5, 5.41) is 0. The Balaban J connectivity index is 5.53. The number of rotatable bonds is 4. The quantitative estimate of drug-likeness (QED) is 0.459. The van der Waals surface area contributed by atoms with E-state index in [2.05, 4.69) is 6.92 Å². The molecule has 0 aliphatic heterocycles. The zero-order valence-corrected chi connectivity index (χ0v) is 14.6. The van der Waals surface area contributed by atoms with Gasteiger partial charge < -0.3 is 0 Å². The molecular formula is C6H3Cl10. The molecule has 0 unspecified atom stereocenters. The Kier molecular flexibility index (Phi) is 6.76. The topological polar surface area (TPSA) is 0 Å². The smallest absolute Gasteiger partial charge is 0.102 e. The van der Waals surface area contributed by atoms with Crippen molar-refractivity contribution in [3.05, 3.63) is 6.92 Å². The highest BCUT2D eigenvalue weighted by molar-refractivity contribution is 6.75. The van der Waals surface area contributed by atoms with Crippen molar-refractivity contribution in [1.29, 1.82) is 0 Å². The first-order valence-electron chi connectivity index (χ1n) is 3.34. The lowest BCUT2D eigenvalue weighted by molar-refractivity contribution is 0.580. The van der Waals surface area contributed by atoms with Crippen molar-refractivity contribution in [2.45, 2.75) is 22.2 Å². The molecule has 0 aromatic carbocycles. The molecule has 0 atom stereocenters. The van der Waals surface area contributed by atoms with Crippen molar-refractivity contribution in [2.75, 3.05) is 0 Å². The van der Waals surface area contributed by atoms with Crippen molar-refractivity contribution in [3.63, 3.8) is 0 Å². The summed E-state index contributed by atoms with van der Waals surface area (Å²) in [7, 11) is 0. The van der Waals surface area contributed by atoms with Gasteiger partial charge in [0.2, 0.25) is 0 Å². The molecule has 0 saturated heterocycles. The molecule has 0 heterocycles. The van der Waals surface area contributed by atoms with Crippen LogP contribution in [-0.4, -0.2) is 22.2 Å². The molecule has 0 rings (SSSR count). The summed E-state index contributed by atoms with van der Waals surface area (Å²) in [6.07, 6.45) is 0. The molecule has 0 aromatic heterocycles. The molecule has 16 heavy (non-hydrogen) atoms. The third-order valence-electron chi connectivity index (χ3n) is 1.55. The van der Waals surface area contributed by atoms with E-state index in [9.17, 15) is 0 Å². The van der Waals surface area contributed by atoms with Crippen LogP contribution in [0.1, 0.15) is 0 Å². The molecule has 0 aromatic rings. The zero-order chi connectivity index (χ0) is 13.6. The third kappa shape index (κ3) is 3.32. The molecule has 0 amide bonds. The molecule has 10 heteroatoms. The molecule has 0 nitrogen and oxygen atoms in total. The molecule has 0 aliphatic rings. The summed E-state index contributed by atoms with van der Waals surface area (Å²) < 4.78 is -8.66. The van der Waals surface area contributed by atoms with Crippen LogP contribution in [0, 0.1) is 6.92 Å². The first-order valence-corrected chi connectivity index (χ1v) is 7.24. The van der Waals surface area contributed by atoms with Crippen LogP contribution in [-0.2, 0) is 0 Å². The average Bonchev–Trinajstić information content (AvgIpc) is 2.00. The van der Waals surface area contributed by atoms with Crippen LogP contribution in [0.4, 0.5) is 0 Å².